The molecule has 0 bridgehead atoms. The highest BCUT2D eigenvalue weighted by molar-refractivity contribution is 5.94. The van der Waals surface area contributed by atoms with Gasteiger partial charge in [0.1, 0.15) is 12.1 Å². The van der Waals surface area contributed by atoms with Gasteiger partial charge in [0.25, 0.3) is 5.91 Å². The van der Waals surface area contributed by atoms with Gasteiger partial charge in [-0.1, -0.05) is 0 Å². The lowest BCUT2D eigenvalue weighted by atomic mass is 10.2. The van der Waals surface area contributed by atoms with Crippen molar-refractivity contribution in [3.63, 3.8) is 0 Å². The van der Waals surface area contributed by atoms with E-state index >= 15 is 0 Å². The van der Waals surface area contributed by atoms with Crippen LogP contribution in [-0.4, -0.2) is 49.6 Å². The van der Waals surface area contributed by atoms with Gasteiger partial charge in [-0.2, -0.15) is 0 Å². The van der Waals surface area contributed by atoms with Crippen LogP contribution < -0.4 is 0 Å². The first-order valence-corrected chi connectivity index (χ1v) is 6.66. The third-order valence-electron chi connectivity index (χ3n) is 3.61. The van der Waals surface area contributed by atoms with E-state index in [4.69, 9.17) is 0 Å². The van der Waals surface area contributed by atoms with E-state index in [2.05, 4.69) is 9.97 Å². The van der Waals surface area contributed by atoms with Gasteiger partial charge in [-0.05, 0) is 25.0 Å². The van der Waals surface area contributed by atoms with Crippen LogP contribution in [0.5, 0.6) is 0 Å². The Labute approximate surface area is 116 Å². The largest absolute Gasteiger partial charge is 0.394 e. The van der Waals surface area contributed by atoms with Crippen molar-refractivity contribution in [2.24, 2.45) is 0 Å². The van der Waals surface area contributed by atoms with Gasteiger partial charge < -0.3 is 10.0 Å². The number of aliphatic hydroxyl groups excluding tert-OH is 1. The molecule has 2 aromatic heterocycles. The number of pyridine rings is 1. The highest BCUT2D eigenvalue weighted by atomic mass is 16.3. The number of carbonyl (C=O) groups is 1. The Bertz CT molecular complexity index is 580. The summed E-state index contributed by atoms with van der Waals surface area (Å²) in [6.45, 7) is 0.722. The maximum absolute atomic E-state index is 12.4. The zero-order valence-corrected chi connectivity index (χ0v) is 11.0. The maximum Gasteiger partial charge on any atom is 0.255 e. The number of hydrogen-bond acceptors (Lipinski definition) is 4. The second-order valence-electron chi connectivity index (χ2n) is 4.85. The second kappa shape index (κ2) is 5.42. The molecule has 1 saturated heterocycles. The third kappa shape index (κ3) is 2.30. The molecule has 0 spiro atoms. The number of nitrogens with zero attached hydrogens (tertiary/aromatic N) is 4. The van der Waals surface area contributed by atoms with Crippen LogP contribution in [0.3, 0.4) is 0 Å². The Kier molecular flexibility index (Phi) is 3.47. The topological polar surface area (TPSA) is 71.2 Å². The van der Waals surface area contributed by atoms with Crippen LogP contribution in [0.25, 0.3) is 5.82 Å². The van der Waals surface area contributed by atoms with E-state index in [1.54, 1.807) is 46.5 Å². The number of imidazole rings is 1. The molecule has 0 radical (unpaired) electrons. The van der Waals surface area contributed by atoms with E-state index in [9.17, 15) is 9.90 Å². The Balaban J connectivity index is 1.79. The minimum absolute atomic E-state index is 0.0201. The average molecular weight is 272 g/mol. The lowest BCUT2D eigenvalue weighted by molar-refractivity contribution is 0.0677. The van der Waals surface area contributed by atoms with Crippen molar-refractivity contribution in [2.45, 2.75) is 18.9 Å². The first-order chi connectivity index (χ1) is 9.79. The smallest absolute Gasteiger partial charge is 0.255 e. The summed E-state index contributed by atoms with van der Waals surface area (Å²) < 4.78 is 1.78. The first-order valence-electron chi connectivity index (χ1n) is 6.66. The molecule has 6 heteroatoms. The fraction of sp³-hybridized carbons (Fsp3) is 0.357. The highest BCUT2D eigenvalue weighted by Gasteiger charge is 2.28. The molecule has 6 nitrogen and oxygen atoms in total. The maximum atomic E-state index is 12.4. The molecule has 2 aromatic rings. The fourth-order valence-electron chi connectivity index (χ4n) is 2.52. The number of rotatable bonds is 3. The molecule has 0 aliphatic carbocycles. The summed E-state index contributed by atoms with van der Waals surface area (Å²) in [5.41, 5.74) is 0.550. The summed E-state index contributed by atoms with van der Waals surface area (Å²) in [6.07, 6.45) is 8.51. The average Bonchev–Trinajstić information content (AvgIpc) is 3.17. The predicted octanol–water partition coefficient (Wildman–Crippen LogP) is 0.864. The zero-order chi connectivity index (χ0) is 13.9. The third-order valence-corrected chi connectivity index (χ3v) is 3.61. The number of likely N-dealkylation sites (tertiary alicyclic amines) is 1. The summed E-state index contributed by atoms with van der Waals surface area (Å²) >= 11 is 0. The molecule has 0 saturated carbocycles. The van der Waals surface area contributed by atoms with Gasteiger partial charge in [0.05, 0.1) is 18.2 Å². The van der Waals surface area contributed by atoms with Crippen LogP contribution in [0.15, 0.2) is 37.1 Å². The normalized spacial score (nSPS) is 18.4. The Hall–Kier alpha value is -2.21. The lowest BCUT2D eigenvalue weighted by Crippen LogP contribution is -2.37. The van der Waals surface area contributed by atoms with Crippen molar-refractivity contribution in [1.29, 1.82) is 0 Å². The van der Waals surface area contributed by atoms with E-state index in [-0.39, 0.29) is 18.6 Å². The molecule has 20 heavy (non-hydrogen) atoms. The molecular formula is C14H16N4O2. The van der Waals surface area contributed by atoms with Gasteiger partial charge in [-0.15, -0.1) is 0 Å². The molecular weight excluding hydrogens is 256 g/mol. The van der Waals surface area contributed by atoms with Gasteiger partial charge in [0, 0.05) is 25.1 Å². The molecule has 0 aromatic carbocycles. The van der Waals surface area contributed by atoms with Crippen LogP contribution >= 0.6 is 0 Å². The summed E-state index contributed by atoms with van der Waals surface area (Å²) in [6, 6.07) is 3.49. The summed E-state index contributed by atoms with van der Waals surface area (Å²) in [7, 11) is 0. The fourth-order valence-corrected chi connectivity index (χ4v) is 2.52. The number of aromatic nitrogens is 3. The molecule has 1 aliphatic heterocycles. The summed E-state index contributed by atoms with van der Waals surface area (Å²) in [5.74, 6) is 0.658. The van der Waals surface area contributed by atoms with Crippen molar-refractivity contribution in [3.05, 3.63) is 42.6 Å². The molecule has 1 aliphatic rings. The van der Waals surface area contributed by atoms with Crippen LogP contribution in [0, 0.1) is 0 Å². The number of hydrogen-bond donors (Lipinski definition) is 1. The van der Waals surface area contributed by atoms with Crippen molar-refractivity contribution in [2.75, 3.05) is 13.2 Å². The summed E-state index contributed by atoms with van der Waals surface area (Å²) in [4.78, 5) is 22.3. The second-order valence-corrected chi connectivity index (χ2v) is 4.85. The molecule has 3 heterocycles. The van der Waals surface area contributed by atoms with Crippen molar-refractivity contribution < 1.29 is 9.90 Å². The minimum Gasteiger partial charge on any atom is -0.394 e. The van der Waals surface area contributed by atoms with E-state index in [0.717, 1.165) is 18.7 Å². The molecule has 1 fully saturated rings. The Morgan fingerprint density at radius 1 is 1.45 bits per heavy atom. The zero-order valence-electron chi connectivity index (χ0n) is 11.0. The van der Waals surface area contributed by atoms with Gasteiger partial charge >= 0.3 is 0 Å². The molecule has 104 valence electrons. The first kappa shape index (κ1) is 12.8. The quantitative estimate of drug-likeness (QED) is 0.899. The van der Waals surface area contributed by atoms with Gasteiger partial charge in [0.15, 0.2) is 0 Å². The Morgan fingerprint density at radius 2 is 2.35 bits per heavy atom. The molecule has 3 rings (SSSR count). The molecule has 1 N–H and O–H groups in total. The van der Waals surface area contributed by atoms with Crippen LogP contribution in [0.4, 0.5) is 0 Å². The van der Waals surface area contributed by atoms with E-state index in [1.165, 1.54) is 0 Å². The molecule has 1 unspecified atom stereocenters. The Morgan fingerprint density at radius 3 is 3.00 bits per heavy atom. The van der Waals surface area contributed by atoms with E-state index in [0.29, 0.717) is 12.1 Å². The SMILES string of the molecule is O=C(c1ccc(-n2ccnc2)nc1)N1CCCC1CO. The van der Waals surface area contributed by atoms with Crippen LogP contribution in [-0.2, 0) is 0 Å². The lowest BCUT2D eigenvalue weighted by Gasteiger charge is -2.22. The monoisotopic (exact) mass is 272 g/mol. The van der Waals surface area contributed by atoms with Crippen molar-refractivity contribution in [3.8, 4) is 5.82 Å². The van der Waals surface area contributed by atoms with Gasteiger partial charge in [-0.25, -0.2) is 9.97 Å². The van der Waals surface area contributed by atoms with E-state index < -0.39 is 0 Å². The molecule has 1 atom stereocenters. The van der Waals surface area contributed by atoms with Crippen LogP contribution in [0.2, 0.25) is 0 Å². The van der Waals surface area contributed by atoms with Crippen LogP contribution in [0.1, 0.15) is 23.2 Å². The minimum atomic E-state index is -0.0637. The van der Waals surface area contributed by atoms with E-state index in [1.807, 2.05) is 0 Å². The predicted molar refractivity (Wildman–Crippen MR) is 72.5 cm³/mol. The van der Waals surface area contributed by atoms with Gasteiger partial charge in [-0.3, -0.25) is 9.36 Å². The standard InChI is InChI=1S/C14H16N4O2/c19-9-12-2-1-6-18(12)14(20)11-3-4-13(16-8-11)17-7-5-15-10-17/h3-5,7-8,10,12,19H,1-2,6,9H2. The van der Waals surface area contributed by atoms with Crippen molar-refractivity contribution in [1.82, 2.24) is 19.4 Å². The highest BCUT2D eigenvalue weighted by Crippen LogP contribution is 2.19. The number of amides is 1. The molecule has 1 amide bonds. The van der Waals surface area contributed by atoms with Crippen molar-refractivity contribution >= 4 is 5.91 Å². The van der Waals surface area contributed by atoms with Gasteiger partial charge in [0.2, 0.25) is 0 Å². The summed E-state index contributed by atoms with van der Waals surface area (Å²) in [5, 5.41) is 9.28. The number of carbonyl (C=O) groups excluding carboxylic acids is 1. The number of aliphatic hydroxyl groups is 1.